The Morgan fingerprint density at radius 2 is 1.92 bits per heavy atom. The van der Waals surface area contributed by atoms with Crippen molar-refractivity contribution < 1.29 is 22.4 Å². The second-order valence-corrected chi connectivity index (χ2v) is 6.16. The maximum atomic E-state index is 13.0. The van der Waals surface area contributed by atoms with Crippen molar-refractivity contribution in [1.29, 1.82) is 0 Å². The lowest BCUT2D eigenvalue weighted by Crippen LogP contribution is -2.38. The molecule has 0 unspecified atom stereocenters. The van der Waals surface area contributed by atoms with Gasteiger partial charge in [-0.2, -0.15) is 13.2 Å². The first-order valence-electron chi connectivity index (χ1n) is 6.87. The molecule has 0 saturated heterocycles. The maximum absolute atomic E-state index is 13.0. The zero-order chi connectivity index (χ0) is 17.9. The van der Waals surface area contributed by atoms with Crippen LogP contribution in [0.3, 0.4) is 0 Å². The van der Waals surface area contributed by atoms with E-state index in [1.54, 1.807) is 19.1 Å². The summed E-state index contributed by atoms with van der Waals surface area (Å²) < 4.78 is 50.8. The van der Waals surface area contributed by atoms with Crippen molar-refractivity contribution in [3.8, 4) is 22.8 Å². The topological polar surface area (TPSA) is 20.3 Å². The van der Waals surface area contributed by atoms with Crippen LogP contribution in [-0.2, 0) is 0 Å². The van der Waals surface area contributed by atoms with E-state index in [1.165, 1.54) is 18.2 Å². The second kappa shape index (κ2) is 7.05. The molecule has 0 aliphatic heterocycles. The highest BCUT2D eigenvalue weighted by Gasteiger charge is 2.33. The number of hydrogen-bond donors (Lipinski definition) is 0. The fourth-order valence-electron chi connectivity index (χ4n) is 2.16. The highest BCUT2D eigenvalue weighted by atomic mass is 32.1. The van der Waals surface area contributed by atoms with E-state index < -0.39 is 31.0 Å². The van der Waals surface area contributed by atoms with E-state index in [1.807, 2.05) is 0 Å². The van der Waals surface area contributed by atoms with Gasteiger partial charge in [0.05, 0.1) is 11.4 Å². The number of aryl methyl sites for hydroxylation is 1. The molecule has 0 N–H and O–H groups in total. The number of benzene rings is 1. The number of hydrogen-bond acceptors (Lipinski definition) is 2. The zero-order valence-corrected chi connectivity index (χ0v) is 13.5. The molecule has 1 aromatic carbocycles. The summed E-state index contributed by atoms with van der Waals surface area (Å²) in [5, 5.41) is 0. The van der Waals surface area contributed by atoms with E-state index in [0.717, 1.165) is 16.9 Å². The number of carbonyl (C=O) groups excluding carboxylic acids is 1. The van der Waals surface area contributed by atoms with Crippen molar-refractivity contribution in [1.82, 2.24) is 4.90 Å². The van der Waals surface area contributed by atoms with Crippen molar-refractivity contribution in [3.05, 3.63) is 46.6 Å². The Bertz CT molecular complexity index is 771. The summed E-state index contributed by atoms with van der Waals surface area (Å²) in [6, 6.07) is 7.19. The number of nitrogens with zero attached hydrogens (tertiary/aromatic N) is 1. The van der Waals surface area contributed by atoms with Gasteiger partial charge >= 0.3 is 6.18 Å². The molecule has 126 valence electrons. The van der Waals surface area contributed by atoms with Crippen LogP contribution >= 0.6 is 11.3 Å². The molecule has 0 atom stereocenters. The summed E-state index contributed by atoms with van der Waals surface area (Å²) in [5.41, 5.74) is 1.42. The molecule has 0 radical (unpaired) electrons. The molecule has 0 fully saturated rings. The fourth-order valence-corrected chi connectivity index (χ4v) is 3.30. The Balaban J connectivity index is 2.31. The molecule has 7 heteroatoms. The molecule has 2 nitrogen and oxygen atoms in total. The SMILES string of the molecule is C#CCN(CC(F)(F)F)C(=O)c1cc(C)c(-c2ccc(F)cc2)s1. The Hall–Kier alpha value is -2.33. The van der Waals surface area contributed by atoms with Gasteiger partial charge in [0.2, 0.25) is 0 Å². The van der Waals surface area contributed by atoms with E-state index in [4.69, 9.17) is 6.42 Å². The standard InChI is InChI=1S/C17H13F4NOS/c1-3-8-22(10-17(19,20)21)16(23)14-9-11(2)15(24-14)12-4-6-13(18)7-5-12/h1,4-7,9H,8,10H2,2H3. The van der Waals surface area contributed by atoms with Gasteiger partial charge in [0, 0.05) is 4.88 Å². The van der Waals surface area contributed by atoms with Crippen LogP contribution < -0.4 is 0 Å². The quantitative estimate of drug-likeness (QED) is 0.584. The summed E-state index contributed by atoms with van der Waals surface area (Å²) in [6.07, 6.45) is 0.532. The number of thiophene rings is 1. The molecular weight excluding hydrogens is 342 g/mol. The molecule has 0 spiro atoms. The van der Waals surface area contributed by atoms with Crippen LogP contribution in [0.5, 0.6) is 0 Å². The van der Waals surface area contributed by atoms with Gasteiger partial charge in [0.15, 0.2) is 0 Å². The van der Waals surface area contributed by atoms with Gasteiger partial charge in [-0.05, 0) is 36.2 Å². The number of halogens is 4. The van der Waals surface area contributed by atoms with Gasteiger partial charge < -0.3 is 4.90 Å². The highest BCUT2D eigenvalue weighted by molar-refractivity contribution is 7.17. The molecule has 2 aromatic rings. The number of amides is 1. The average Bonchev–Trinajstić information content (AvgIpc) is 2.87. The van der Waals surface area contributed by atoms with E-state index in [0.29, 0.717) is 15.3 Å². The van der Waals surface area contributed by atoms with Crippen LogP contribution in [0.15, 0.2) is 30.3 Å². The molecule has 1 amide bonds. The first-order valence-corrected chi connectivity index (χ1v) is 7.69. The zero-order valence-electron chi connectivity index (χ0n) is 12.7. The lowest BCUT2D eigenvalue weighted by Gasteiger charge is -2.20. The Morgan fingerprint density at radius 3 is 2.46 bits per heavy atom. The van der Waals surface area contributed by atoms with E-state index in [9.17, 15) is 22.4 Å². The lowest BCUT2D eigenvalue weighted by atomic mass is 10.1. The minimum Gasteiger partial charge on any atom is -0.318 e. The molecule has 1 heterocycles. The molecule has 24 heavy (non-hydrogen) atoms. The van der Waals surface area contributed by atoms with Gasteiger partial charge in [0.25, 0.3) is 5.91 Å². The first kappa shape index (κ1) is 18.0. The third-order valence-electron chi connectivity index (χ3n) is 3.17. The number of carbonyl (C=O) groups is 1. The van der Waals surface area contributed by atoms with Crippen LogP contribution in [0.4, 0.5) is 17.6 Å². The Labute approximate surface area is 140 Å². The van der Waals surface area contributed by atoms with Crippen molar-refractivity contribution >= 4 is 17.2 Å². The summed E-state index contributed by atoms with van der Waals surface area (Å²) in [5.74, 6) is 0.903. The highest BCUT2D eigenvalue weighted by Crippen LogP contribution is 2.33. The summed E-state index contributed by atoms with van der Waals surface area (Å²) in [6.45, 7) is -0.0959. The molecular formula is C17H13F4NOS. The molecule has 2 rings (SSSR count). The third kappa shape index (κ3) is 4.36. The van der Waals surface area contributed by atoms with Crippen LogP contribution in [0.1, 0.15) is 15.2 Å². The number of rotatable bonds is 4. The van der Waals surface area contributed by atoms with Crippen molar-refractivity contribution in [2.45, 2.75) is 13.1 Å². The van der Waals surface area contributed by atoms with Crippen molar-refractivity contribution in [2.24, 2.45) is 0 Å². The van der Waals surface area contributed by atoms with Gasteiger partial charge in [-0.15, -0.1) is 17.8 Å². The van der Waals surface area contributed by atoms with Gasteiger partial charge in [-0.3, -0.25) is 4.79 Å². The normalized spacial score (nSPS) is 11.2. The van der Waals surface area contributed by atoms with Gasteiger partial charge in [0.1, 0.15) is 12.4 Å². The average molecular weight is 355 g/mol. The van der Waals surface area contributed by atoms with E-state index >= 15 is 0 Å². The van der Waals surface area contributed by atoms with Crippen molar-refractivity contribution in [3.63, 3.8) is 0 Å². The van der Waals surface area contributed by atoms with Crippen LogP contribution in [0, 0.1) is 25.1 Å². The van der Waals surface area contributed by atoms with Crippen LogP contribution in [0.25, 0.3) is 10.4 Å². The summed E-state index contributed by atoms with van der Waals surface area (Å²) in [4.78, 5) is 13.8. The molecule has 1 aromatic heterocycles. The monoisotopic (exact) mass is 355 g/mol. The minimum atomic E-state index is -4.53. The fraction of sp³-hybridized carbons (Fsp3) is 0.235. The summed E-state index contributed by atoms with van der Waals surface area (Å²) >= 11 is 1.06. The Kier molecular flexibility index (Phi) is 5.30. The smallest absolute Gasteiger partial charge is 0.318 e. The number of terminal acetylenes is 1. The predicted octanol–water partition coefficient (Wildman–Crippen LogP) is 4.50. The van der Waals surface area contributed by atoms with E-state index in [-0.39, 0.29) is 4.88 Å². The van der Waals surface area contributed by atoms with Crippen LogP contribution in [-0.4, -0.2) is 30.1 Å². The van der Waals surface area contributed by atoms with Gasteiger partial charge in [-0.1, -0.05) is 18.1 Å². The van der Waals surface area contributed by atoms with Crippen molar-refractivity contribution in [2.75, 3.05) is 13.1 Å². The third-order valence-corrected chi connectivity index (χ3v) is 4.45. The van der Waals surface area contributed by atoms with E-state index in [2.05, 4.69) is 5.92 Å². The molecule has 0 aliphatic rings. The Morgan fingerprint density at radius 1 is 1.29 bits per heavy atom. The first-order chi connectivity index (χ1) is 11.2. The largest absolute Gasteiger partial charge is 0.406 e. The maximum Gasteiger partial charge on any atom is 0.406 e. The molecule has 0 aliphatic carbocycles. The minimum absolute atomic E-state index is 0.159. The lowest BCUT2D eigenvalue weighted by molar-refractivity contribution is -0.139. The molecule has 0 saturated carbocycles. The second-order valence-electron chi connectivity index (χ2n) is 5.11. The molecule has 0 bridgehead atoms. The predicted molar refractivity (Wildman–Crippen MR) is 85.2 cm³/mol. The number of alkyl halides is 3. The summed E-state index contributed by atoms with van der Waals surface area (Å²) in [7, 11) is 0. The van der Waals surface area contributed by atoms with Crippen LogP contribution in [0.2, 0.25) is 0 Å². The van der Waals surface area contributed by atoms with Gasteiger partial charge in [-0.25, -0.2) is 4.39 Å².